The van der Waals surface area contributed by atoms with Crippen molar-refractivity contribution in [1.29, 1.82) is 0 Å². The Bertz CT molecular complexity index is 579. The number of thiocarbonyl (C=S) groups is 1. The van der Waals surface area contributed by atoms with E-state index in [0.29, 0.717) is 11.1 Å². The number of ether oxygens (including phenoxy) is 1. The molecule has 2 N–H and O–H groups in total. The zero-order valence-corrected chi connectivity index (χ0v) is 12.8. The highest BCUT2D eigenvalue weighted by Gasteiger charge is 2.15. The second-order valence-corrected chi connectivity index (χ2v) is 6.83. The molecule has 0 heterocycles. The third-order valence-electron chi connectivity index (χ3n) is 2.55. The summed E-state index contributed by atoms with van der Waals surface area (Å²) in [6.07, 6.45) is -0.124. The minimum Gasteiger partial charge on any atom is -0.466 e. The van der Waals surface area contributed by atoms with Crippen LogP contribution in [0.2, 0.25) is 0 Å². The quantitative estimate of drug-likeness (QED) is 0.601. The minimum absolute atomic E-state index is 0.121. The zero-order valence-electron chi connectivity index (χ0n) is 11.2. The van der Waals surface area contributed by atoms with Crippen LogP contribution in [0.5, 0.6) is 0 Å². The maximum atomic E-state index is 11.9. The summed E-state index contributed by atoms with van der Waals surface area (Å²) < 4.78 is 28.4. The van der Waals surface area contributed by atoms with Crippen molar-refractivity contribution in [3.05, 3.63) is 35.4 Å². The minimum atomic E-state index is -3.35. The van der Waals surface area contributed by atoms with Crippen LogP contribution in [0.1, 0.15) is 24.5 Å². The number of hydrogen-bond donors (Lipinski definition) is 1. The number of nitrogens with two attached hydrogens (primary N) is 1. The summed E-state index contributed by atoms with van der Waals surface area (Å²) in [6, 6.07) is 6.68. The van der Waals surface area contributed by atoms with Gasteiger partial charge in [0.05, 0.1) is 24.5 Å². The zero-order chi connectivity index (χ0) is 15.2. The summed E-state index contributed by atoms with van der Waals surface area (Å²) in [6.45, 7) is 1.93. The van der Waals surface area contributed by atoms with Crippen molar-refractivity contribution >= 4 is 33.0 Å². The first-order valence-corrected chi connectivity index (χ1v) is 8.32. The van der Waals surface area contributed by atoms with E-state index in [4.69, 9.17) is 22.7 Å². The van der Waals surface area contributed by atoms with E-state index >= 15 is 0 Å². The fourth-order valence-corrected chi connectivity index (χ4v) is 3.02. The van der Waals surface area contributed by atoms with Gasteiger partial charge in [-0.25, -0.2) is 8.42 Å². The molecule has 0 aliphatic rings. The SMILES string of the molecule is CCOC(=O)CCS(=O)(=O)Cc1ccc(C(N)=S)cc1. The normalized spacial score (nSPS) is 11.1. The lowest BCUT2D eigenvalue weighted by molar-refractivity contribution is -0.142. The Morgan fingerprint density at radius 2 is 1.90 bits per heavy atom. The van der Waals surface area contributed by atoms with Gasteiger partial charge in [0.2, 0.25) is 0 Å². The summed E-state index contributed by atoms with van der Waals surface area (Å²) in [5.41, 5.74) is 6.78. The van der Waals surface area contributed by atoms with Gasteiger partial charge in [-0.15, -0.1) is 0 Å². The van der Waals surface area contributed by atoms with Gasteiger partial charge < -0.3 is 10.5 Å². The third-order valence-corrected chi connectivity index (χ3v) is 4.38. The van der Waals surface area contributed by atoms with E-state index in [-0.39, 0.29) is 29.5 Å². The Kier molecular flexibility index (Phi) is 6.09. The third kappa shape index (κ3) is 5.66. The molecule has 1 aromatic carbocycles. The Labute approximate surface area is 124 Å². The van der Waals surface area contributed by atoms with Gasteiger partial charge in [0, 0.05) is 5.56 Å². The highest BCUT2D eigenvalue weighted by atomic mass is 32.2. The maximum Gasteiger partial charge on any atom is 0.306 e. The average molecular weight is 315 g/mol. The van der Waals surface area contributed by atoms with Crippen LogP contribution in [0.25, 0.3) is 0 Å². The molecule has 0 saturated heterocycles. The van der Waals surface area contributed by atoms with E-state index in [1.807, 2.05) is 0 Å². The fraction of sp³-hybridized carbons (Fsp3) is 0.385. The molecule has 1 aromatic rings. The first-order chi connectivity index (χ1) is 9.34. The smallest absolute Gasteiger partial charge is 0.306 e. The fourth-order valence-electron chi connectivity index (χ4n) is 1.56. The molecule has 0 unspecified atom stereocenters. The van der Waals surface area contributed by atoms with Gasteiger partial charge in [0.1, 0.15) is 4.99 Å². The van der Waals surface area contributed by atoms with Crippen LogP contribution >= 0.6 is 12.2 Å². The van der Waals surface area contributed by atoms with E-state index < -0.39 is 15.8 Å². The molecule has 0 spiro atoms. The number of hydrogen-bond acceptors (Lipinski definition) is 5. The molecule has 0 aliphatic heterocycles. The van der Waals surface area contributed by atoms with Crippen molar-refractivity contribution < 1.29 is 17.9 Å². The topological polar surface area (TPSA) is 86.5 Å². The number of benzene rings is 1. The van der Waals surface area contributed by atoms with Gasteiger partial charge in [-0.2, -0.15) is 0 Å². The van der Waals surface area contributed by atoms with Crippen molar-refractivity contribution in [3.8, 4) is 0 Å². The molecule has 0 amide bonds. The van der Waals surface area contributed by atoms with Gasteiger partial charge in [-0.1, -0.05) is 36.5 Å². The molecule has 0 radical (unpaired) electrons. The van der Waals surface area contributed by atoms with E-state index in [0.717, 1.165) is 0 Å². The maximum absolute atomic E-state index is 11.9. The molecule has 0 atom stereocenters. The standard InChI is InChI=1S/C13H17NO4S2/c1-2-18-12(15)7-8-20(16,17)9-10-3-5-11(6-4-10)13(14)19/h3-6H,2,7-9H2,1H3,(H2,14,19). The number of sulfone groups is 1. The largest absolute Gasteiger partial charge is 0.466 e. The van der Waals surface area contributed by atoms with E-state index in [9.17, 15) is 13.2 Å². The lowest BCUT2D eigenvalue weighted by Gasteiger charge is -2.05. The van der Waals surface area contributed by atoms with Crippen LogP contribution in [0, 0.1) is 0 Å². The Hall–Kier alpha value is -1.47. The molecular formula is C13H17NO4S2. The van der Waals surface area contributed by atoms with Crippen LogP contribution in [-0.2, 0) is 25.1 Å². The second kappa shape index (κ2) is 7.35. The predicted molar refractivity (Wildman–Crippen MR) is 81.1 cm³/mol. The lowest BCUT2D eigenvalue weighted by Crippen LogP contribution is -2.15. The molecule has 110 valence electrons. The molecule has 0 aliphatic carbocycles. The Balaban J connectivity index is 2.62. The summed E-state index contributed by atoms with van der Waals surface area (Å²) in [4.78, 5) is 11.4. The van der Waals surface area contributed by atoms with Crippen LogP contribution in [-0.4, -0.2) is 31.7 Å². The van der Waals surface area contributed by atoms with Crippen LogP contribution in [0.3, 0.4) is 0 Å². The van der Waals surface area contributed by atoms with E-state index in [2.05, 4.69) is 0 Å². The summed E-state index contributed by atoms with van der Waals surface area (Å²) in [5, 5.41) is 0. The molecule has 7 heteroatoms. The van der Waals surface area contributed by atoms with Gasteiger partial charge in [0.15, 0.2) is 9.84 Å². The monoisotopic (exact) mass is 315 g/mol. The molecule has 0 bridgehead atoms. The van der Waals surface area contributed by atoms with Gasteiger partial charge in [0.25, 0.3) is 0 Å². The summed E-state index contributed by atoms with van der Waals surface area (Å²) >= 11 is 4.82. The van der Waals surface area contributed by atoms with Crippen molar-refractivity contribution in [3.63, 3.8) is 0 Å². The van der Waals surface area contributed by atoms with E-state index in [1.165, 1.54) is 0 Å². The van der Waals surface area contributed by atoms with Crippen LogP contribution in [0.4, 0.5) is 0 Å². The van der Waals surface area contributed by atoms with Gasteiger partial charge in [-0.05, 0) is 12.5 Å². The number of rotatable bonds is 7. The highest BCUT2D eigenvalue weighted by Crippen LogP contribution is 2.10. The van der Waals surface area contributed by atoms with Gasteiger partial charge >= 0.3 is 5.97 Å². The molecule has 5 nitrogen and oxygen atoms in total. The predicted octanol–water partition coefficient (Wildman–Crippen LogP) is 1.19. The second-order valence-electron chi connectivity index (χ2n) is 4.21. The van der Waals surface area contributed by atoms with Crippen LogP contribution in [0.15, 0.2) is 24.3 Å². The van der Waals surface area contributed by atoms with Crippen molar-refractivity contribution in [2.45, 2.75) is 19.1 Å². The Morgan fingerprint density at radius 1 is 1.30 bits per heavy atom. The molecule has 0 aromatic heterocycles. The first-order valence-electron chi connectivity index (χ1n) is 6.09. The molecule has 1 rings (SSSR count). The first kappa shape index (κ1) is 16.6. The molecular weight excluding hydrogens is 298 g/mol. The molecule has 0 fully saturated rings. The van der Waals surface area contributed by atoms with Crippen molar-refractivity contribution in [2.24, 2.45) is 5.73 Å². The van der Waals surface area contributed by atoms with E-state index in [1.54, 1.807) is 31.2 Å². The van der Waals surface area contributed by atoms with Gasteiger partial charge in [-0.3, -0.25) is 4.79 Å². The Morgan fingerprint density at radius 3 is 2.40 bits per heavy atom. The summed E-state index contributed by atoms with van der Waals surface area (Å²) in [7, 11) is -3.35. The number of carbonyl (C=O) groups excluding carboxylic acids is 1. The van der Waals surface area contributed by atoms with Crippen molar-refractivity contribution in [2.75, 3.05) is 12.4 Å². The lowest BCUT2D eigenvalue weighted by atomic mass is 10.1. The molecule has 0 saturated carbocycles. The molecule has 20 heavy (non-hydrogen) atoms. The highest BCUT2D eigenvalue weighted by molar-refractivity contribution is 7.90. The number of esters is 1. The average Bonchev–Trinajstić information content (AvgIpc) is 2.37. The summed E-state index contributed by atoms with van der Waals surface area (Å²) in [5.74, 6) is -0.840. The van der Waals surface area contributed by atoms with Crippen molar-refractivity contribution in [1.82, 2.24) is 0 Å². The van der Waals surface area contributed by atoms with Crippen LogP contribution < -0.4 is 5.73 Å². The number of carbonyl (C=O) groups is 1.